The average molecular weight is 456 g/mol. The Morgan fingerprint density at radius 1 is 1.07 bits per heavy atom. The van der Waals surface area contributed by atoms with E-state index in [1.807, 2.05) is 48.5 Å². The third kappa shape index (κ3) is 3.66. The minimum atomic E-state index is -0.401. The minimum absolute atomic E-state index is 0.341. The Bertz CT molecular complexity index is 1100. The van der Waals surface area contributed by atoms with Gasteiger partial charge in [-0.2, -0.15) is 0 Å². The number of anilines is 1. The van der Waals surface area contributed by atoms with Crippen molar-refractivity contribution in [2.45, 2.75) is 19.4 Å². The van der Waals surface area contributed by atoms with Gasteiger partial charge in [-0.05, 0) is 37.6 Å². The van der Waals surface area contributed by atoms with E-state index in [-0.39, 0.29) is 5.97 Å². The van der Waals surface area contributed by atoms with Crippen molar-refractivity contribution in [2.24, 2.45) is 0 Å². The van der Waals surface area contributed by atoms with Crippen LogP contribution >= 0.6 is 35.7 Å². The highest BCUT2D eigenvalue weighted by Gasteiger charge is 2.38. The number of rotatable bonds is 3. The van der Waals surface area contributed by atoms with Crippen LogP contribution in [0.3, 0.4) is 0 Å². The Morgan fingerprint density at radius 2 is 1.80 bits per heavy atom. The van der Waals surface area contributed by atoms with Gasteiger partial charge >= 0.3 is 5.97 Å². The van der Waals surface area contributed by atoms with Crippen LogP contribution in [0.15, 0.2) is 57.7 Å². The molecule has 30 heavy (non-hydrogen) atoms. The van der Waals surface area contributed by atoms with Crippen molar-refractivity contribution in [2.75, 3.05) is 19.5 Å². The maximum Gasteiger partial charge on any atom is 0.345 e. The zero-order valence-corrected chi connectivity index (χ0v) is 19.5. The quantitative estimate of drug-likeness (QED) is 0.348. The maximum absolute atomic E-state index is 12.6. The van der Waals surface area contributed by atoms with E-state index in [9.17, 15) is 4.79 Å². The van der Waals surface area contributed by atoms with Crippen LogP contribution in [0.25, 0.3) is 10.5 Å². The maximum atomic E-state index is 12.6. The summed E-state index contributed by atoms with van der Waals surface area (Å²) in [5.41, 5.74) is 3.51. The third-order valence-corrected chi connectivity index (χ3v) is 8.29. The number of methoxy groups -OCH3 is 2. The summed E-state index contributed by atoms with van der Waals surface area (Å²) in [7, 11) is 3.06. The third-order valence-electron chi connectivity index (χ3n) is 4.94. The van der Waals surface area contributed by atoms with Crippen LogP contribution < -0.4 is 10.1 Å². The SMILES string of the molecule is COC(=O)C1=C(c2ccccc2)S/C(=C2\C(=S)C(C)(C)Nc3ccc(OC)cc32)S1. The molecule has 2 aromatic rings. The number of hydrogen-bond acceptors (Lipinski definition) is 7. The molecule has 0 amide bonds. The summed E-state index contributed by atoms with van der Waals surface area (Å²) < 4.78 is 11.5. The Balaban J connectivity index is 1.89. The van der Waals surface area contributed by atoms with E-state index in [2.05, 4.69) is 19.2 Å². The van der Waals surface area contributed by atoms with E-state index in [0.717, 1.165) is 42.1 Å². The molecule has 0 aromatic heterocycles. The standard InChI is InChI=1S/C23H21NO3S3/c1-23(2)20(28)17(15-12-14(26-3)10-11-16(15)24-23)22-29-18(13-8-6-5-7-9-13)19(30-22)21(25)27-4/h5-12,24H,1-4H3/b22-17+. The van der Waals surface area contributed by atoms with Crippen LogP contribution in [0.4, 0.5) is 5.69 Å². The topological polar surface area (TPSA) is 47.6 Å². The number of hydrogen-bond donors (Lipinski definition) is 1. The predicted octanol–water partition coefficient (Wildman–Crippen LogP) is 5.96. The first-order valence-electron chi connectivity index (χ1n) is 9.35. The van der Waals surface area contributed by atoms with Crippen molar-refractivity contribution in [1.29, 1.82) is 0 Å². The van der Waals surface area contributed by atoms with Crippen LogP contribution in [0.5, 0.6) is 5.75 Å². The highest BCUT2D eigenvalue weighted by Crippen LogP contribution is 2.58. The first kappa shape index (κ1) is 21.0. The first-order valence-corrected chi connectivity index (χ1v) is 11.4. The fraction of sp³-hybridized carbons (Fsp3) is 0.217. The molecule has 0 unspecified atom stereocenters. The molecule has 2 aliphatic rings. The second kappa shape index (κ2) is 8.13. The molecule has 1 N–H and O–H groups in total. The minimum Gasteiger partial charge on any atom is -0.497 e. The molecule has 0 spiro atoms. The lowest BCUT2D eigenvalue weighted by atomic mass is 9.85. The van der Waals surface area contributed by atoms with Gasteiger partial charge in [0.15, 0.2) is 0 Å². The molecule has 0 atom stereocenters. The number of thiocarbonyl (C=S) groups is 1. The molecule has 0 fully saturated rings. The summed E-state index contributed by atoms with van der Waals surface area (Å²) in [4.78, 5) is 14.9. The summed E-state index contributed by atoms with van der Waals surface area (Å²) >= 11 is 8.92. The largest absolute Gasteiger partial charge is 0.497 e. The molecule has 4 nitrogen and oxygen atoms in total. The van der Waals surface area contributed by atoms with Crippen molar-refractivity contribution in [3.63, 3.8) is 0 Å². The summed E-state index contributed by atoms with van der Waals surface area (Å²) in [6.07, 6.45) is 0. The van der Waals surface area contributed by atoms with Crippen molar-refractivity contribution in [3.8, 4) is 5.75 Å². The number of ether oxygens (including phenoxy) is 2. The van der Waals surface area contributed by atoms with Crippen LogP contribution in [-0.4, -0.2) is 30.6 Å². The summed E-state index contributed by atoms with van der Waals surface area (Å²) in [5.74, 6) is 0.417. The summed E-state index contributed by atoms with van der Waals surface area (Å²) in [5, 5.41) is 3.52. The second-order valence-electron chi connectivity index (χ2n) is 7.37. The predicted molar refractivity (Wildman–Crippen MR) is 131 cm³/mol. The van der Waals surface area contributed by atoms with Gasteiger partial charge < -0.3 is 14.8 Å². The van der Waals surface area contributed by atoms with Crippen molar-refractivity contribution in [1.82, 2.24) is 0 Å². The first-order chi connectivity index (χ1) is 14.4. The lowest BCUT2D eigenvalue weighted by molar-refractivity contribution is -0.135. The zero-order valence-electron chi connectivity index (χ0n) is 17.1. The molecule has 154 valence electrons. The van der Waals surface area contributed by atoms with Crippen LogP contribution in [0.2, 0.25) is 0 Å². The Hall–Kier alpha value is -2.22. The van der Waals surface area contributed by atoms with Gasteiger partial charge in [0.1, 0.15) is 10.7 Å². The number of carbonyl (C=O) groups is 1. The van der Waals surface area contributed by atoms with E-state index in [4.69, 9.17) is 21.7 Å². The molecule has 0 aliphatic carbocycles. The van der Waals surface area contributed by atoms with Gasteiger partial charge in [-0.1, -0.05) is 66.1 Å². The molecule has 2 heterocycles. The highest BCUT2D eigenvalue weighted by atomic mass is 32.2. The Kier molecular flexibility index (Phi) is 5.70. The number of benzene rings is 2. The van der Waals surface area contributed by atoms with Crippen molar-refractivity contribution >= 4 is 62.7 Å². The summed E-state index contributed by atoms with van der Waals surface area (Å²) in [6.45, 7) is 4.14. The van der Waals surface area contributed by atoms with Gasteiger partial charge in [0.25, 0.3) is 0 Å². The van der Waals surface area contributed by atoms with Gasteiger partial charge in [-0.15, -0.1) is 0 Å². The number of fused-ring (bicyclic) bond motifs is 1. The highest BCUT2D eigenvalue weighted by molar-refractivity contribution is 8.32. The second-order valence-corrected chi connectivity index (χ2v) is 10.1. The van der Waals surface area contributed by atoms with Crippen LogP contribution in [0, 0.1) is 0 Å². The van der Waals surface area contributed by atoms with Gasteiger partial charge in [0, 0.05) is 26.6 Å². The van der Waals surface area contributed by atoms with Crippen molar-refractivity contribution < 1.29 is 14.3 Å². The molecule has 4 rings (SSSR count). The van der Waals surface area contributed by atoms with Crippen molar-refractivity contribution in [3.05, 3.63) is 68.8 Å². The number of carbonyl (C=O) groups excluding carboxylic acids is 1. The molecular formula is C23H21NO3S3. The van der Waals surface area contributed by atoms with Gasteiger partial charge in [0.2, 0.25) is 0 Å². The number of nitrogens with one attached hydrogen (secondary N) is 1. The van der Waals surface area contributed by atoms with E-state index < -0.39 is 5.54 Å². The zero-order chi connectivity index (χ0) is 21.5. The fourth-order valence-electron chi connectivity index (χ4n) is 3.40. The molecule has 0 saturated heterocycles. The van der Waals surface area contributed by atoms with Gasteiger partial charge in [-0.25, -0.2) is 4.79 Å². The molecular weight excluding hydrogens is 434 g/mol. The van der Waals surface area contributed by atoms with E-state index in [1.165, 1.54) is 18.9 Å². The smallest absolute Gasteiger partial charge is 0.345 e. The van der Waals surface area contributed by atoms with Crippen LogP contribution in [-0.2, 0) is 9.53 Å². The summed E-state index contributed by atoms with van der Waals surface area (Å²) in [6, 6.07) is 15.8. The van der Waals surface area contributed by atoms with Gasteiger partial charge in [-0.3, -0.25) is 0 Å². The molecule has 0 bridgehead atoms. The number of thioether (sulfide) groups is 2. The van der Waals surface area contributed by atoms with E-state index in [0.29, 0.717) is 4.91 Å². The average Bonchev–Trinajstić information content (AvgIpc) is 3.19. The lowest BCUT2D eigenvalue weighted by Crippen LogP contribution is -2.43. The Morgan fingerprint density at radius 3 is 2.47 bits per heavy atom. The fourth-order valence-corrected chi connectivity index (χ4v) is 6.52. The lowest BCUT2D eigenvalue weighted by Gasteiger charge is -2.37. The van der Waals surface area contributed by atoms with E-state index >= 15 is 0 Å². The monoisotopic (exact) mass is 455 g/mol. The molecule has 2 aromatic carbocycles. The Labute approximate surface area is 190 Å². The van der Waals surface area contributed by atoms with Crippen LogP contribution in [0.1, 0.15) is 25.0 Å². The molecule has 0 saturated carbocycles. The van der Waals surface area contributed by atoms with Gasteiger partial charge in [0.05, 0.1) is 24.0 Å². The van der Waals surface area contributed by atoms with E-state index in [1.54, 1.807) is 18.9 Å². The normalized spacial score (nSPS) is 19.9. The molecule has 7 heteroatoms. The molecule has 0 radical (unpaired) electrons. The molecule has 2 aliphatic heterocycles. The number of esters is 1.